The van der Waals surface area contributed by atoms with Gasteiger partial charge in [0.05, 0.1) is 17.1 Å². The monoisotopic (exact) mass is 544 g/mol. The highest BCUT2D eigenvalue weighted by Gasteiger charge is 2.53. The van der Waals surface area contributed by atoms with E-state index in [1.54, 1.807) is 18.9 Å². The summed E-state index contributed by atoms with van der Waals surface area (Å²) in [5.74, 6) is 1.03. The summed E-state index contributed by atoms with van der Waals surface area (Å²) in [6, 6.07) is 16.5. The molecule has 0 spiro atoms. The fraction of sp³-hybridized carbons (Fsp3) is 0.423. The maximum Gasteiger partial charge on any atom is 0.163 e. The molecule has 0 bridgehead atoms. The first-order chi connectivity index (χ1) is 16.3. The number of methoxy groups -OCH3 is 1. The molecule has 2 aliphatic rings. The fourth-order valence-corrected chi connectivity index (χ4v) is 6.41. The molecule has 1 unspecified atom stereocenters. The van der Waals surface area contributed by atoms with Gasteiger partial charge in [-0.2, -0.15) is 0 Å². The SMILES string of the molecule is COc1ccc(CNc2nc3cc(CC[C@H]4SC(O)[C@@H]5OC(C)(C)O[C@H]45)ccc3cc2Br)cc1. The zero-order chi connectivity index (χ0) is 23.9. The predicted molar refractivity (Wildman–Crippen MR) is 139 cm³/mol. The number of hydrogen-bond donors (Lipinski definition) is 2. The van der Waals surface area contributed by atoms with Crippen molar-refractivity contribution >= 4 is 44.4 Å². The number of aliphatic hydroxyl groups is 1. The lowest BCUT2D eigenvalue weighted by atomic mass is 10.0. The molecule has 2 N–H and O–H groups in total. The Morgan fingerprint density at radius 2 is 1.82 bits per heavy atom. The van der Waals surface area contributed by atoms with Gasteiger partial charge in [0.1, 0.15) is 29.2 Å². The number of thioether (sulfide) groups is 1. The van der Waals surface area contributed by atoms with E-state index in [0.29, 0.717) is 6.54 Å². The maximum absolute atomic E-state index is 10.4. The summed E-state index contributed by atoms with van der Waals surface area (Å²) in [5.41, 5.74) is 2.79. The number of fused-ring (bicyclic) bond motifs is 2. The molecule has 0 radical (unpaired) electrons. The molecule has 6 nitrogen and oxygen atoms in total. The minimum absolute atomic E-state index is 0.0710. The van der Waals surface area contributed by atoms with Gasteiger partial charge in [0.2, 0.25) is 0 Å². The van der Waals surface area contributed by atoms with Crippen LogP contribution in [-0.4, -0.2) is 45.9 Å². The normalized spacial score (nSPS) is 25.4. The molecule has 0 saturated carbocycles. The van der Waals surface area contributed by atoms with Crippen LogP contribution in [0.3, 0.4) is 0 Å². The minimum Gasteiger partial charge on any atom is -0.497 e. The second kappa shape index (κ2) is 9.66. The van der Waals surface area contributed by atoms with E-state index in [9.17, 15) is 5.11 Å². The van der Waals surface area contributed by atoms with Crippen molar-refractivity contribution < 1.29 is 19.3 Å². The topological polar surface area (TPSA) is 72.8 Å². The Bertz CT molecular complexity index is 1170. The van der Waals surface area contributed by atoms with Crippen LogP contribution in [0.15, 0.2) is 53.0 Å². The molecular weight excluding hydrogens is 516 g/mol. The number of hydrogen-bond acceptors (Lipinski definition) is 7. The smallest absolute Gasteiger partial charge is 0.163 e. The molecule has 0 amide bonds. The lowest BCUT2D eigenvalue weighted by Crippen LogP contribution is -2.29. The van der Waals surface area contributed by atoms with Crippen molar-refractivity contribution in [2.24, 2.45) is 0 Å². The third-order valence-corrected chi connectivity index (χ3v) is 8.30. The number of nitrogens with zero attached hydrogens (tertiary/aromatic N) is 1. The zero-order valence-electron chi connectivity index (χ0n) is 19.5. The van der Waals surface area contributed by atoms with E-state index < -0.39 is 11.2 Å². The Morgan fingerprint density at radius 1 is 1.09 bits per heavy atom. The Labute approximate surface area is 212 Å². The van der Waals surface area contributed by atoms with E-state index in [2.05, 4.69) is 45.5 Å². The Morgan fingerprint density at radius 3 is 2.59 bits per heavy atom. The average Bonchev–Trinajstić information content (AvgIpc) is 3.29. The number of benzene rings is 2. The van der Waals surface area contributed by atoms with Gasteiger partial charge in [0, 0.05) is 17.2 Å². The first-order valence-electron chi connectivity index (χ1n) is 11.5. The summed E-state index contributed by atoms with van der Waals surface area (Å²) in [6.07, 6.45) is 1.48. The van der Waals surface area contributed by atoms with Crippen LogP contribution in [0, 0.1) is 0 Å². The second-order valence-corrected chi connectivity index (χ2v) is 11.4. The first-order valence-corrected chi connectivity index (χ1v) is 13.2. The molecule has 4 atom stereocenters. The summed E-state index contributed by atoms with van der Waals surface area (Å²) < 4.78 is 18.1. The predicted octanol–water partition coefficient (Wildman–Crippen LogP) is 5.50. The van der Waals surface area contributed by atoms with Gasteiger partial charge in [-0.1, -0.05) is 24.3 Å². The number of aromatic nitrogens is 1. The molecule has 3 aromatic rings. The van der Waals surface area contributed by atoms with E-state index in [1.165, 1.54) is 5.56 Å². The van der Waals surface area contributed by atoms with Crippen LogP contribution in [0.4, 0.5) is 5.82 Å². The van der Waals surface area contributed by atoms with Crippen LogP contribution >= 0.6 is 27.7 Å². The molecular formula is C26H29BrN2O4S. The molecule has 34 heavy (non-hydrogen) atoms. The minimum atomic E-state index is -0.634. The molecule has 2 aromatic carbocycles. The molecule has 1 aromatic heterocycles. The van der Waals surface area contributed by atoms with E-state index in [0.717, 1.165) is 45.3 Å². The van der Waals surface area contributed by atoms with Gasteiger partial charge >= 0.3 is 0 Å². The van der Waals surface area contributed by atoms with E-state index in [-0.39, 0.29) is 17.5 Å². The van der Waals surface area contributed by atoms with Crippen molar-refractivity contribution in [3.8, 4) is 5.75 Å². The van der Waals surface area contributed by atoms with Crippen LogP contribution < -0.4 is 10.1 Å². The third-order valence-electron chi connectivity index (χ3n) is 6.30. The largest absolute Gasteiger partial charge is 0.497 e. The third kappa shape index (κ3) is 5.06. The number of nitrogens with one attached hydrogen (secondary N) is 1. The Balaban J connectivity index is 1.26. The molecule has 3 heterocycles. The quantitative estimate of drug-likeness (QED) is 0.406. The van der Waals surface area contributed by atoms with Crippen molar-refractivity contribution in [1.82, 2.24) is 4.98 Å². The fourth-order valence-electron chi connectivity index (χ4n) is 4.60. The van der Waals surface area contributed by atoms with Crippen LogP contribution in [-0.2, 0) is 22.4 Å². The summed E-state index contributed by atoms with van der Waals surface area (Å²) in [4.78, 5) is 4.88. The van der Waals surface area contributed by atoms with Crippen molar-refractivity contribution in [3.05, 3.63) is 64.1 Å². The van der Waals surface area contributed by atoms with Gasteiger partial charge in [-0.15, -0.1) is 11.8 Å². The number of rotatable bonds is 7. The van der Waals surface area contributed by atoms with Gasteiger partial charge in [0.25, 0.3) is 0 Å². The average molecular weight is 545 g/mol. The maximum atomic E-state index is 10.4. The first kappa shape index (κ1) is 23.9. The van der Waals surface area contributed by atoms with E-state index in [1.807, 2.05) is 38.1 Å². The van der Waals surface area contributed by atoms with Crippen molar-refractivity contribution in [1.29, 1.82) is 0 Å². The van der Waals surface area contributed by atoms with Gasteiger partial charge in [-0.25, -0.2) is 4.98 Å². The molecule has 2 saturated heterocycles. The van der Waals surface area contributed by atoms with Crippen LogP contribution in [0.1, 0.15) is 31.4 Å². The van der Waals surface area contributed by atoms with Crippen molar-refractivity contribution in [2.45, 2.75) is 61.9 Å². The number of anilines is 1. The van der Waals surface area contributed by atoms with Gasteiger partial charge in [-0.3, -0.25) is 0 Å². The van der Waals surface area contributed by atoms with Crippen molar-refractivity contribution in [2.75, 3.05) is 12.4 Å². The van der Waals surface area contributed by atoms with E-state index >= 15 is 0 Å². The highest BCUT2D eigenvalue weighted by Crippen LogP contribution is 2.46. The molecule has 2 aliphatic heterocycles. The number of ether oxygens (including phenoxy) is 3. The van der Waals surface area contributed by atoms with Crippen LogP contribution in [0.5, 0.6) is 5.75 Å². The summed E-state index contributed by atoms with van der Waals surface area (Å²) in [6.45, 7) is 4.49. The molecule has 180 valence electrons. The highest BCUT2D eigenvalue weighted by molar-refractivity contribution is 9.10. The summed E-state index contributed by atoms with van der Waals surface area (Å²) >= 11 is 5.21. The lowest BCUT2D eigenvalue weighted by molar-refractivity contribution is -0.152. The Kier molecular flexibility index (Phi) is 6.79. The van der Waals surface area contributed by atoms with Crippen LogP contribution in [0.2, 0.25) is 0 Å². The number of pyridine rings is 1. The zero-order valence-corrected chi connectivity index (χ0v) is 21.9. The molecule has 2 fully saturated rings. The van der Waals surface area contributed by atoms with Gasteiger partial charge in [-0.05, 0) is 78.0 Å². The second-order valence-electron chi connectivity index (χ2n) is 9.22. The molecule has 8 heteroatoms. The number of aliphatic hydroxyl groups excluding tert-OH is 1. The van der Waals surface area contributed by atoms with Gasteiger partial charge < -0.3 is 24.6 Å². The summed E-state index contributed by atoms with van der Waals surface area (Å²) in [7, 11) is 1.67. The molecule has 5 rings (SSSR count). The summed E-state index contributed by atoms with van der Waals surface area (Å²) in [5, 5.41) is 15.1. The standard InChI is InChI=1S/C26H29BrN2O4S/c1-26(2)32-22-21(34-25(30)23(22)33-26)11-7-15-4-8-17-13-19(27)24(29-20(17)12-15)28-14-16-5-9-18(31-3)10-6-16/h4-6,8-10,12-13,21-23,25,30H,7,11,14H2,1-3H3,(H,28,29)/t21-,22-,23-,25?/m1/s1. The lowest BCUT2D eigenvalue weighted by Gasteiger charge is -2.22. The highest BCUT2D eigenvalue weighted by atomic mass is 79.9. The van der Waals surface area contributed by atoms with E-state index in [4.69, 9.17) is 19.2 Å². The molecule has 0 aliphatic carbocycles. The van der Waals surface area contributed by atoms with Gasteiger partial charge in [0.15, 0.2) is 5.79 Å². The Hall–Kier alpha value is -1.84. The number of aryl methyl sites for hydroxylation is 1. The van der Waals surface area contributed by atoms with Crippen molar-refractivity contribution in [3.63, 3.8) is 0 Å². The number of halogens is 1. The van der Waals surface area contributed by atoms with Crippen LogP contribution in [0.25, 0.3) is 10.9 Å².